The van der Waals surface area contributed by atoms with Crippen LogP contribution in [-0.4, -0.2) is 47.4 Å². The number of nitrogens with two attached hydrogens (primary N) is 1. The van der Waals surface area contributed by atoms with Gasteiger partial charge in [0.1, 0.15) is 0 Å². The highest BCUT2D eigenvalue weighted by molar-refractivity contribution is 6.50. The fourth-order valence-electron chi connectivity index (χ4n) is 2.47. The molecule has 0 radical (unpaired) electrons. The molecule has 5 N–H and O–H groups in total. The Kier molecular flexibility index (Phi) is 6.68. The molecule has 3 atom stereocenters. The SMILES string of the molecule is CCC(CC)O[C@@H]1C=C(B(O)O)C[C@H](N)[C@H]1NC(C)=O. The molecule has 0 spiro atoms. The average molecular weight is 284 g/mol. The molecule has 0 bridgehead atoms. The van der Waals surface area contributed by atoms with Crippen molar-refractivity contribution in [3.8, 4) is 0 Å². The number of nitrogens with one attached hydrogen (secondary N) is 1. The molecule has 0 saturated carbocycles. The largest absolute Gasteiger partial charge is 0.483 e. The molecule has 0 fully saturated rings. The quantitative estimate of drug-likeness (QED) is 0.503. The van der Waals surface area contributed by atoms with E-state index in [0.717, 1.165) is 12.8 Å². The highest BCUT2D eigenvalue weighted by Crippen LogP contribution is 2.23. The molecule has 7 heteroatoms. The molecule has 6 nitrogen and oxygen atoms in total. The van der Waals surface area contributed by atoms with Crippen molar-refractivity contribution >= 4 is 13.0 Å². The number of hydrogen-bond acceptors (Lipinski definition) is 5. The Hall–Kier alpha value is -0.885. The Bertz CT molecular complexity index is 358. The number of carbonyl (C=O) groups is 1. The minimum atomic E-state index is -1.54. The lowest BCUT2D eigenvalue weighted by Gasteiger charge is -2.37. The molecule has 1 aliphatic carbocycles. The van der Waals surface area contributed by atoms with Gasteiger partial charge in [0.25, 0.3) is 0 Å². The van der Waals surface area contributed by atoms with Gasteiger partial charge in [-0.2, -0.15) is 0 Å². The minimum Gasteiger partial charge on any atom is -0.423 e. The van der Waals surface area contributed by atoms with Crippen LogP contribution in [0.25, 0.3) is 0 Å². The smallest absolute Gasteiger partial charge is 0.423 e. The van der Waals surface area contributed by atoms with Gasteiger partial charge in [-0.1, -0.05) is 19.9 Å². The molecule has 0 aromatic carbocycles. The zero-order valence-corrected chi connectivity index (χ0v) is 12.4. The van der Waals surface area contributed by atoms with E-state index in [1.165, 1.54) is 6.92 Å². The molecule has 0 aromatic heterocycles. The Labute approximate surface area is 120 Å². The van der Waals surface area contributed by atoms with Crippen LogP contribution < -0.4 is 11.1 Å². The lowest BCUT2D eigenvalue weighted by atomic mass is 9.70. The summed E-state index contributed by atoms with van der Waals surface area (Å²) < 4.78 is 5.96. The second kappa shape index (κ2) is 7.78. The molecule has 1 rings (SSSR count). The number of amides is 1. The maximum Gasteiger partial charge on any atom is 0.483 e. The number of ether oxygens (including phenoxy) is 1. The van der Waals surface area contributed by atoms with Gasteiger partial charge in [-0.3, -0.25) is 4.79 Å². The summed E-state index contributed by atoms with van der Waals surface area (Å²) in [6.07, 6.45) is 3.30. The summed E-state index contributed by atoms with van der Waals surface area (Å²) in [5, 5.41) is 21.4. The summed E-state index contributed by atoms with van der Waals surface area (Å²) >= 11 is 0. The van der Waals surface area contributed by atoms with E-state index in [1.807, 2.05) is 13.8 Å². The molecule has 0 heterocycles. The van der Waals surface area contributed by atoms with Crippen molar-refractivity contribution < 1.29 is 19.6 Å². The van der Waals surface area contributed by atoms with Gasteiger partial charge >= 0.3 is 7.12 Å². The zero-order chi connectivity index (χ0) is 15.3. The van der Waals surface area contributed by atoms with Crippen LogP contribution in [0.4, 0.5) is 0 Å². The van der Waals surface area contributed by atoms with Gasteiger partial charge in [0, 0.05) is 13.0 Å². The van der Waals surface area contributed by atoms with E-state index in [-0.39, 0.29) is 18.1 Å². The van der Waals surface area contributed by atoms with Crippen LogP contribution in [0.15, 0.2) is 11.5 Å². The molecule has 0 unspecified atom stereocenters. The van der Waals surface area contributed by atoms with E-state index in [4.69, 9.17) is 10.5 Å². The summed E-state index contributed by atoms with van der Waals surface area (Å²) in [7, 11) is -1.54. The molecule has 20 heavy (non-hydrogen) atoms. The van der Waals surface area contributed by atoms with E-state index in [0.29, 0.717) is 11.9 Å². The van der Waals surface area contributed by atoms with Crippen LogP contribution in [0.5, 0.6) is 0 Å². The van der Waals surface area contributed by atoms with Gasteiger partial charge in [-0.15, -0.1) is 0 Å². The maximum atomic E-state index is 11.3. The highest BCUT2D eigenvalue weighted by Gasteiger charge is 2.36. The van der Waals surface area contributed by atoms with Crippen molar-refractivity contribution in [3.63, 3.8) is 0 Å². The summed E-state index contributed by atoms with van der Waals surface area (Å²) in [6, 6.07) is -0.754. The second-order valence-corrected chi connectivity index (χ2v) is 5.25. The summed E-state index contributed by atoms with van der Waals surface area (Å²) in [4.78, 5) is 11.3. The average Bonchev–Trinajstić information content (AvgIpc) is 2.38. The molecule has 1 amide bonds. The minimum absolute atomic E-state index is 0.0508. The zero-order valence-electron chi connectivity index (χ0n) is 12.4. The van der Waals surface area contributed by atoms with Crippen LogP contribution in [0.2, 0.25) is 0 Å². The van der Waals surface area contributed by atoms with Gasteiger partial charge in [-0.05, 0) is 24.7 Å². The van der Waals surface area contributed by atoms with Crippen molar-refractivity contribution in [2.45, 2.75) is 64.3 Å². The number of hydrogen-bond donors (Lipinski definition) is 4. The van der Waals surface area contributed by atoms with Crippen LogP contribution >= 0.6 is 0 Å². The normalized spacial score (nSPS) is 26.4. The third-order valence-corrected chi connectivity index (χ3v) is 3.63. The van der Waals surface area contributed by atoms with E-state index in [9.17, 15) is 14.8 Å². The molecular weight excluding hydrogens is 259 g/mol. The molecular formula is C13H25BN2O4. The van der Waals surface area contributed by atoms with Crippen molar-refractivity contribution in [3.05, 3.63) is 11.5 Å². The third kappa shape index (κ3) is 4.59. The van der Waals surface area contributed by atoms with Crippen molar-refractivity contribution in [2.75, 3.05) is 0 Å². The molecule has 0 aromatic rings. The Morgan fingerprint density at radius 3 is 2.60 bits per heavy atom. The Morgan fingerprint density at radius 2 is 2.15 bits per heavy atom. The predicted molar refractivity (Wildman–Crippen MR) is 77.7 cm³/mol. The first-order valence-electron chi connectivity index (χ1n) is 7.13. The van der Waals surface area contributed by atoms with E-state index >= 15 is 0 Å². The summed E-state index contributed by atoms with van der Waals surface area (Å²) in [6.45, 7) is 5.48. The van der Waals surface area contributed by atoms with Gasteiger partial charge in [0.15, 0.2) is 0 Å². The fraction of sp³-hybridized carbons (Fsp3) is 0.769. The second-order valence-electron chi connectivity index (χ2n) is 5.25. The van der Waals surface area contributed by atoms with Crippen molar-refractivity contribution in [1.29, 1.82) is 0 Å². The first-order valence-corrected chi connectivity index (χ1v) is 7.13. The first kappa shape index (κ1) is 17.2. The predicted octanol–water partition coefficient (Wildman–Crippen LogP) is -0.266. The molecule has 0 aliphatic heterocycles. The maximum absolute atomic E-state index is 11.3. The molecule has 0 saturated heterocycles. The Morgan fingerprint density at radius 1 is 1.55 bits per heavy atom. The number of rotatable bonds is 6. The molecule has 114 valence electrons. The molecule has 1 aliphatic rings. The Balaban J connectivity index is 2.93. The lowest BCUT2D eigenvalue weighted by Crippen LogP contribution is -2.57. The lowest BCUT2D eigenvalue weighted by molar-refractivity contribution is -0.121. The standard InChI is InChI=1S/C13H25BN2O4/c1-4-10(5-2)20-12-7-9(14(18)19)6-11(15)13(12)16-8(3)17/h7,10-13,18-19H,4-6,15H2,1-3H3,(H,16,17)/t11-,12+,13+/m0/s1. The van der Waals surface area contributed by atoms with Gasteiger partial charge in [-0.25, -0.2) is 0 Å². The van der Waals surface area contributed by atoms with Crippen LogP contribution in [-0.2, 0) is 9.53 Å². The van der Waals surface area contributed by atoms with E-state index < -0.39 is 19.3 Å². The monoisotopic (exact) mass is 284 g/mol. The first-order chi connectivity index (χ1) is 9.38. The van der Waals surface area contributed by atoms with E-state index in [2.05, 4.69) is 5.32 Å². The van der Waals surface area contributed by atoms with E-state index in [1.54, 1.807) is 6.08 Å². The topological polar surface area (TPSA) is 105 Å². The van der Waals surface area contributed by atoms with Crippen LogP contribution in [0.1, 0.15) is 40.0 Å². The fourth-order valence-corrected chi connectivity index (χ4v) is 2.47. The van der Waals surface area contributed by atoms with Crippen molar-refractivity contribution in [2.24, 2.45) is 5.73 Å². The summed E-state index contributed by atoms with van der Waals surface area (Å²) in [5.74, 6) is -0.176. The van der Waals surface area contributed by atoms with Crippen LogP contribution in [0, 0.1) is 0 Å². The van der Waals surface area contributed by atoms with Crippen LogP contribution in [0.3, 0.4) is 0 Å². The van der Waals surface area contributed by atoms with Crippen molar-refractivity contribution in [1.82, 2.24) is 5.32 Å². The summed E-state index contributed by atoms with van der Waals surface area (Å²) in [5.41, 5.74) is 6.49. The van der Waals surface area contributed by atoms with Gasteiger partial charge in [0.05, 0.1) is 18.2 Å². The number of carbonyl (C=O) groups excluding carboxylic acids is 1. The van der Waals surface area contributed by atoms with Gasteiger partial charge < -0.3 is 25.8 Å². The third-order valence-electron chi connectivity index (χ3n) is 3.63. The van der Waals surface area contributed by atoms with Gasteiger partial charge in [0.2, 0.25) is 5.91 Å². The highest BCUT2D eigenvalue weighted by atomic mass is 16.5.